The molecule has 7 nitrogen and oxygen atoms in total. The Balaban J connectivity index is 1.84. The molecule has 1 aromatic carbocycles. The molecule has 0 unspecified atom stereocenters. The van der Waals surface area contributed by atoms with Gasteiger partial charge in [-0.15, -0.1) is 11.3 Å². The van der Waals surface area contributed by atoms with Crippen molar-refractivity contribution in [2.45, 2.75) is 24.2 Å². The molecule has 3 rings (SSSR count). The van der Waals surface area contributed by atoms with E-state index in [0.717, 1.165) is 4.90 Å². The highest BCUT2D eigenvalue weighted by atomic mass is 32.2. The third-order valence-corrected chi connectivity index (χ3v) is 5.51. The molecule has 23 heavy (non-hydrogen) atoms. The van der Waals surface area contributed by atoms with Gasteiger partial charge in [0.15, 0.2) is 5.13 Å². The fraction of sp³-hybridized carbons (Fsp3) is 0.214. The second kappa shape index (κ2) is 6.09. The number of thiazole rings is 1. The van der Waals surface area contributed by atoms with Crippen LogP contribution < -0.4 is 9.62 Å². The number of anilines is 2. The Morgan fingerprint density at radius 3 is 2.30 bits per heavy atom. The Labute approximate surface area is 137 Å². The number of aromatic nitrogens is 1. The van der Waals surface area contributed by atoms with Gasteiger partial charge in [-0.2, -0.15) is 0 Å². The van der Waals surface area contributed by atoms with Gasteiger partial charge in [0.1, 0.15) is 0 Å². The second-order valence-electron chi connectivity index (χ2n) is 4.91. The summed E-state index contributed by atoms with van der Waals surface area (Å²) in [5.74, 6) is -0.532. The van der Waals surface area contributed by atoms with Gasteiger partial charge in [0.25, 0.3) is 10.0 Å². The normalized spacial score (nSPS) is 15.7. The van der Waals surface area contributed by atoms with Crippen molar-refractivity contribution in [1.29, 1.82) is 0 Å². The fourth-order valence-corrected chi connectivity index (χ4v) is 4.05. The summed E-state index contributed by atoms with van der Waals surface area (Å²) in [5.41, 5.74) is 0.382. The number of amides is 2. The standard InChI is InChI=1S/C14H13N3O4S2/c18-12-2-1-3-13(19)17(12)10-4-6-11(7-5-10)23(20,21)16-14-15-8-9-22-14/h4-9H,1-3H2,(H,15,16). The predicted octanol–water partition coefficient (Wildman–Crippen LogP) is 1.99. The van der Waals surface area contributed by atoms with Gasteiger partial charge in [0.05, 0.1) is 10.6 Å². The van der Waals surface area contributed by atoms with Crippen molar-refractivity contribution in [3.05, 3.63) is 35.8 Å². The van der Waals surface area contributed by atoms with Crippen LogP contribution in [0.2, 0.25) is 0 Å². The van der Waals surface area contributed by atoms with Crippen molar-refractivity contribution in [1.82, 2.24) is 4.98 Å². The number of piperidine rings is 1. The van der Waals surface area contributed by atoms with Gasteiger partial charge in [0.2, 0.25) is 11.8 Å². The van der Waals surface area contributed by atoms with Crippen molar-refractivity contribution >= 4 is 44.0 Å². The molecule has 1 fully saturated rings. The van der Waals surface area contributed by atoms with E-state index in [1.165, 1.54) is 41.8 Å². The van der Waals surface area contributed by atoms with Crippen LogP contribution in [0, 0.1) is 0 Å². The zero-order chi connectivity index (χ0) is 16.4. The lowest BCUT2D eigenvalue weighted by molar-refractivity contribution is -0.129. The van der Waals surface area contributed by atoms with Gasteiger partial charge in [-0.1, -0.05) is 0 Å². The first kappa shape index (κ1) is 15.6. The van der Waals surface area contributed by atoms with E-state index in [9.17, 15) is 18.0 Å². The number of benzene rings is 1. The van der Waals surface area contributed by atoms with Gasteiger partial charge < -0.3 is 0 Å². The molecule has 2 amide bonds. The van der Waals surface area contributed by atoms with Gasteiger partial charge >= 0.3 is 0 Å². The Morgan fingerprint density at radius 1 is 1.09 bits per heavy atom. The van der Waals surface area contributed by atoms with E-state index in [2.05, 4.69) is 9.71 Å². The molecule has 0 radical (unpaired) electrons. The summed E-state index contributed by atoms with van der Waals surface area (Å²) in [6.45, 7) is 0. The van der Waals surface area contributed by atoms with Gasteiger partial charge in [-0.05, 0) is 30.7 Å². The Kier molecular flexibility index (Phi) is 4.14. The summed E-state index contributed by atoms with van der Waals surface area (Å²) in [5, 5.41) is 1.93. The van der Waals surface area contributed by atoms with Gasteiger partial charge in [-0.3, -0.25) is 19.2 Å². The molecular weight excluding hydrogens is 338 g/mol. The molecule has 1 aliphatic rings. The van der Waals surface area contributed by atoms with Crippen molar-refractivity contribution in [2.24, 2.45) is 0 Å². The maximum atomic E-state index is 12.2. The second-order valence-corrected chi connectivity index (χ2v) is 7.49. The molecule has 1 aliphatic heterocycles. The SMILES string of the molecule is O=C1CCCC(=O)N1c1ccc(S(=O)(=O)Nc2nccs2)cc1. The van der Waals surface area contributed by atoms with E-state index in [1.807, 2.05) is 0 Å². The van der Waals surface area contributed by atoms with E-state index >= 15 is 0 Å². The molecule has 2 aromatic rings. The average molecular weight is 351 g/mol. The highest BCUT2D eigenvalue weighted by Crippen LogP contribution is 2.24. The van der Waals surface area contributed by atoms with Gasteiger partial charge in [0, 0.05) is 24.4 Å². The van der Waals surface area contributed by atoms with Crippen LogP contribution in [0.15, 0.2) is 40.7 Å². The topological polar surface area (TPSA) is 96.4 Å². The molecule has 9 heteroatoms. The third-order valence-electron chi connectivity index (χ3n) is 3.34. The summed E-state index contributed by atoms with van der Waals surface area (Å²) < 4.78 is 26.8. The molecule has 0 spiro atoms. The number of hydrogen-bond acceptors (Lipinski definition) is 6. The van der Waals surface area contributed by atoms with Crippen LogP contribution in [-0.2, 0) is 19.6 Å². The van der Waals surface area contributed by atoms with E-state index < -0.39 is 10.0 Å². The quantitative estimate of drug-likeness (QED) is 0.850. The first-order chi connectivity index (χ1) is 11.0. The number of imide groups is 1. The molecule has 0 bridgehead atoms. The molecule has 1 saturated heterocycles. The van der Waals surface area contributed by atoms with Crippen LogP contribution in [0.4, 0.5) is 10.8 Å². The maximum absolute atomic E-state index is 12.2. The lowest BCUT2D eigenvalue weighted by Gasteiger charge is -2.24. The smallest absolute Gasteiger partial charge is 0.263 e. The lowest BCUT2D eigenvalue weighted by atomic mass is 10.1. The minimum Gasteiger partial charge on any atom is -0.274 e. The minimum absolute atomic E-state index is 0.0355. The zero-order valence-corrected chi connectivity index (χ0v) is 13.6. The monoisotopic (exact) mass is 351 g/mol. The van der Waals surface area contributed by atoms with Crippen LogP contribution in [0.25, 0.3) is 0 Å². The molecule has 0 aliphatic carbocycles. The lowest BCUT2D eigenvalue weighted by Crippen LogP contribution is -2.40. The van der Waals surface area contributed by atoms with Crippen molar-refractivity contribution in [3.63, 3.8) is 0 Å². The molecule has 1 aromatic heterocycles. The molecule has 120 valence electrons. The number of nitrogens with one attached hydrogen (secondary N) is 1. The van der Waals surface area contributed by atoms with Crippen LogP contribution in [0.1, 0.15) is 19.3 Å². The Bertz CT molecular complexity index is 813. The van der Waals surface area contributed by atoms with Crippen LogP contribution in [0.3, 0.4) is 0 Å². The molecule has 0 atom stereocenters. The predicted molar refractivity (Wildman–Crippen MR) is 85.7 cm³/mol. The highest BCUT2D eigenvalue weighted by Gasteiger charge is 2.27. The fourth-order valence-electron chi connectivity index (χ4n) is 2.26. The number of carbonyl (C=O) groups excluding carboxylic acids is 2. The molecule has 0 saturated carbocycles. The van der Waals surface area contributed by atoms with E-state index in [0.29, 0.717) is 24.9 Å². The van der Waals surface area contributed by atoms with Crippen molar-refractivity contribution in [3.8, 4) is 0 Å². The van der Waals surface area contributed by atoms with E-state index in [1.54, 1.807) is 5.38 Å². The summed E-state index contributed by atoms with van der Waals surface area (Å²) in [4.78, 5) is 28.7. The Hall–Kier alpha value is -2.26. The number of carbonyl (C=O) groups is 2. The van der Waals surface area contributed by atoms with Crippen molar-refractivity contribution in [2.75, 3.05) is 9.62 Å². The van der Waals surface area contributed by atoms with E-state index in [-0.39, 0.29) is 21.8 Å². The summed E-state index contributed by atoms with van der Waals surface area (Å²) >= 11 is 1.17. The van der Waals surface area contributed by atoms with Crippen LogP contribution in [-0.4, -0.2) is 25.2 Å². The first-order valence-corrected chi connectivity index (χ1v) is 9.22. The highest BCUT2D eigenvalue weighted by molar-refractivity contribution is 7.93. The number of sulfonamides is 1. The zero-order valence-electron chi connectivity index (χ0n) is 11.9. The molecule has 1 N–H and O–H groups in total. The first-order valence-electron chi connectivity index (χ1n) is 6.85. The average Bonchev–Trinajstić information content (AvgIpc) is 3.00. The number of nitrogens with zero attached hydrogens (tertiary/aromatic N) is 2. The summed E-state index contributed by atoms with van der Waals surface area (Å²) in [6.07, 6.45) is 2.69. The summed E-state index contributed by atoms with van der Waals surface area (Å²) in [6, 6.07) is 5.63. The Morgan fingerprint density at radius 2 is 1.74 bits per heavy atom. The molecule has 2 heterocycles. The third kappa shape index (κ3) is 3.25. The number of hydrogen-bond donors (Lipinski definition) is 1. The van der Waals surface area contributed by atoms with Crippen LogP contribution >= 0.6 is 11.3 Å². The summed E-state index contributed by atoms with van der Waals surface area (Å²) in [7, 11) is -3.75. The minimum atomic E-state index is -3.75. The maximum Gasteiger partial charge on any atom is 0.263 e. The van der Waals surface area contributed by atoms with Crippen molar-refractivity contribution < 1.29 is 18.0 Å². The van der Waals surface area contributed by atoms with Crippen LogP contribution in [0.5, 0.6) is 0 Å². The van der Waals surface area contributed by atoms with Gasteiger partial charge in [-0.25, -0.2) is 13.4 Å². The number of rotatable bonds is 4. The molecular formula is C14H13N3O4S2. The largest absolute Gasteiger partial charge is 0.274 e. The van der Waals surface area contributed by atoms with E-state index in [4.69, 9.17) is 0 Å².